The molecule has 1 saturated heterocycles. The van der Waals surface area contributed by atoms with Gasteiger partial charge in [0.2, 0.25) is 5.88 Å². The van der Waals surface area contributed by atoms with E-state index in [1.807, 2.05) is 12.1 Å². The third-order valence-corrected chi connectivity index (χ3v) is 2.66. The molecule has 0 radical (unpaired) electrons. The first-order chi connectivity index (χ1) is 6.84. The highest BCUT2D eigenvalue weighted by atomic mass is 79.9. The van der Waals surface area contributed by atoms with Crippen LogP contribution in [0.4, 0.5) is 0 Å². The van der Waals surface area contributed by atoms with Crippen LogP contribution in [0.5, 0.6) is 5.88 Å². The molecular weight excluding hydrogens is 246 g/mol. The fourth-order valence-electron chi connectivity index (χ4n) is 1.37. The maximum Gasteiger partial charge on any atom is 0.213 e. The predicted molar refractivity (Wildman–Crippen MR) is 56.4 cm³/mol. The Kier molecular flexibility index (Phi) is 3.37. The van der Waals surface area contributed by atoms with Gasteiger partial charge in [0.15, 0.2) is 0 Å². The number of nitrogens with zero attached hydrogens (tertiary/aromatic N) is 1. The molecule has 0 spiro atoms. The Balaban J connectivity index is 1.82. The molecule has 3 nitrogen and oxygen atoms in total. The van der Waals surface area contributed by atoms with Crippen LogP contribution in [-0.4, -0.2) is 24.8 Å². The van der Waals surface area contributed by atoms with Crippen molar-refractivity contribution in [1.82, 2.24) is 4.98 Å². The first kappa shape index (κ1) is 9.93. The van der Waals surface area contributed by atoms with Crippen LogP contribution >= 0.6 is 15.9 Å². The second kappa shape index (κ2) is 4.75. The molecule has 2 rings (SSSR count). The summed E-state index contributed by atoms with van der Waals surface area (Å²) in [5, 5.41) is 0. The minimum Gasteiger partial charge on any atom is -0.477 e. The van der Waals surface area contributed by atoms with E-state index in [9.17, 15) is 0 Å². The monoisotopic (exact) mass is 257 g/mol. The Bertz CT molecular complexity index is 283. The lowest BCUT2D eigenvalue weighted by molar-refractivity contribution is 0.165. The van der Waals surface area contributed by atoms with Crippen molar-refractivity contribution in [2.24, 2.45) is 5.92 Å². The summed E-state index contributed by atoms with van der Waals surface area (Å²) in [7, 11) is 0. The summed E-state index contributed by atoms with van der Waals surface area (Å²) in [6.07, 6.45) is 2.83. The number of hydrogen-bond acceptors (Lipinski definition) is 3. The summed E-state index contributed by atoms with van der Waals surface area (Å²) in [6.45, 7) is 2.38. The van der Waals surface area contributed by atoms with Gasteiger partial charge in [-0.2, -0.15) is 0 Å². The molecule has 4 heteroatoms. The Labute approximate surface area is 91.6 Å². The molecule has 1 aliphatic heterocycles. The van der Waals surface area contributed by atoms with E-state index in [1.165, 1.54) is 0 Å². The molecule has 1 aromatic rings. The molecule has 0 aromatic carbocycles. The van der Waals surface area contributed by atoms with E-state index in [0.717, 1.165) is 24.1 Å². The molecule has 0 bridgehead atoms. The molecule has 14 heavy (non-hydrogen) atoms. The van der Waals surface area contributed by atoms with E-state index in [2.05, 4.69) is 20.9 Å². The first-order valence-electron chi connectivity index (χ1n) is 4.67. The van der Waals surface area contributed by atoms with E-state index in [1.54, 1.807) is 6.20 Å². The quantitative estimate of drug-likeness (QED) is 0.833. The van der Waals surface area contributed by atoms with Gasteiger partial charge in [-0.25, -0.2) is 4.98 Å². The molecule has 1 aromatic heterocycles. The minimum absolute atomic E-state index is 0.528. The molecule has 0 aliphatic carbocycles. The van der Waals surface area contributed by atoms with Crippen LogP contribution in [-0.2, 0) is 4.74 Å². The Morgan fingerprint density at radius 2 is 2.50 bits per heavy atom. The molecular formula is C10H12BrNO2. The topological polar surface area (TPSA) is 31.4 Å². The SMILES string of the molecule is Brc1ccc(OCC2CCOC2)nc1. The van der Waals surface area contributed by atoms with Crippen LogP contribution in [0.1, 0.15) is 6.42 Å². The summed E-state index contributed by atoms with van der Waals surface area (Å²) in [5.41, 5.74) is 0. The van der Waals surface area contributed by atoms with Crippen molar-refractivity contribution >= 4 is 15.9 Å². The lowest BCUT2D eigenvalue weighted by Gasteiger charge is -2.08. The van der Waals surface area contributed by atoms with Gasteiger partial charge in [-0.3, -0.25) is 0 Å². The van der Waals surface area contributed by atoms with Gasteiger partial charge in [-0.1, -0.05) is 0 Å². The number of hydrogen-bond donors (Lipinski definition) is 0. The van der Waals surface area contributed by atoms with Gasteiger partial charge >= 0.3 is 0 Å². The Morgan fingerprint density at radius 1 is 1.57 bits per heavy atom. The zero-order chi connectivity index (χ0) is 9.80. The Hall–Kier alpha value is -0.610. The van der Waals surface area contributed by atoms with Crippen molar-refractivity contribution in [3.05, 3.63) is 22.8 Å². The minimum atomic E-state index is 0.528. The average molecular weight is 258 g/mol. The number of pyridine rings is 1. The maximum absolute atomic E-state index is 5.53. The second-order valence-corrected chi connectivity index (χ2v) is 4.27. The highest BCUT2D eigenvalue weighted by Gasteiger charge is 2.16. The first-order valence-corrected chi connectivity index (χ1v) is 5.46. The van der Waals surface area contributed by atoms with E-state index in [0.29, 0.717) is 18.4 Å². The van der Waals surface area contributed by atoms with Gasteiger partial charge < -0.3 is 9.47 Å². The molecule has 0 N–H and O–H groups in total. The predicted octanol–water partition coefficient (Wildman–Crippen LogP) is 2.26. The zero-order valence-electron chi connectivity index (χ0n) is 7.78. The fraction of sp³-hybridized carbons (Fsp3) is 0.500. The zero-order valence-corrected chi connectivity index (χ0v) is 9.37. The lowest BCUT2D eigenvalue weighted by atomic mass is 10.1. The lowest BCUT2D eigenvalue weighted by Crippen LogP contribution is -2.12. The Morgan fingerprint density at radius 3 is 3.14 bits per heavy atom. The van der Waals surface area contributed by atoms with E-state index in [-0.39, 0.29) is 0 Å². The highest BCUT2D eigenvalue weighted by Crippen LogP contribution is 2.16. The number of aromatic nitrogens is 1. The second-order valence-electron chi connectivity index (χ2n) is 3.36. The van der Waals surface area contributed by atoms with Crippen molar-refractivity contribution in [2.75, 3.05) is 19.8 Å². The van der Waals surface area contributed by atoms with Gasteiger partial charge in [-0.15, -0.1) is 0 Å². The third-order valence-electron chi connectivity index (χ3n) is 2.19. The standard InChI is InChI=1S/C10H12BrNO2/c11-9-1-2-10(12-5-9)14-7-8-3-4-13-6-8/h1-2,5,8H,3-4,6-7H2. The van der Waals surface area contributed by atoms with E-state index >= 15 is 0 Å². The molecule has 0 saturated carbocycles. The number of halogens is 1. The van der Waals surface area contributed by atoms with Crippen molar-refractivity contribution in [3.8, 4) is 5.88 Å². The molecule has 1 fully saturated rings. The van der Waals surface area contributed by atoms with E-state index in [4.69, 9.17) is 9.47 Å². The molecule has 1 unspecified atom stereocenters. The molecule has 2 heterocycles. The van der Waals surface area contributed by atoms with Crippen molar-refractivity contribution in [3.63, 3.8) is 0 Å². The summed E-state index contributed by atoms with van der Waals surface area (Å²) in [6, 6.07) is 3.79. The fourth-order valence-corrected chi connectivity index (χ4v) is 1.60. The van der Waals surface area contributed by atoms with Crippen molar-refractivity contribution in [1.29, 1.82) is 0 Å². The van der Waals surface area contributed by atoms with Crippen LogP contribution in [0, 0.1) is 5.92 Å². The van der Waals surface area contributed by atoms with Crippen LogP contribution in [0.2, 0.25) is 0 Å². The largest absolute Gasteiger partial charge is 0.477 e. The normalized spacial score (nSPS) is 21.1. The molecule has 0 amide bonds. The van der Waals surface area contributed by atoms with Crippen LogP contribution in [0.15, 0.2) is 22.8 Å². The van der Waals surface area contributed by atoms with Crippen molar-refractivity contribution < 1.29 is 9.47 Å². The van der Waals surface area contributed by atoms with Gasteiger partial charge in [0, 0.05) is 29.3 Å². The van der Waals surface area contributed by atoms with Crippen LogP contribution < -0.4 is 4.74 Å². The molecule has 76 valence electrons. The van der Waals surface area contributed by atoms with Crippen LogP contribution in [0.3, 0.4) is 0 Å². The van der Waals surface area contributed by atoms with E-state index < -0.39 is 0 Å². The summed E-state index contributed by atoms with van der Waals surface area (Å²) >= 11 is 3.32. The summed E-state index contributed by atoms with van der Waals surface area (Å²) < 4.78 is 11.8. The van der Waals surface area contributed by atoms with Gasteiger partial charge in [0.05, 0.1) is 13.2 Å². The summed E-state index contributed by atoms with van der Waals surface area (Å²) in [4.78, 5) is 4.13. The van der Waals surface area contributed by atoms with Gasteiger partial charge in [0.1, 0.15) is 0 Å². The maximum atomic E-state index is 5.53. The highest BCUT2D eigenvalue weighted by molar-refractivity contribution is 9.10. The number of rotatable bonds is 3. The molecule has 1 aliphatic rings. The third kappa shape index (κ3) is 2.69. The smallest absolute Gasteiger partial charge is 0.213 e. The van der Waals surface area contributed by atoms with Gasteiger partial charge in [-0.05, 0) is 28.4 Å². The number of ether oxygens (including phenoxy) is 2. The summed E-state index contributed by atoms with van der Waals surface area (Å²) in [5.74, 6) is 1.21. The average Bonchev–Trinajstić information content (AvgIpc) is 2.70. The van der Waals surface area contributed by atoms with Crippen molar-refractivity contribution in [2.45, 2.75) is 6.42 Å². The van der Waals surface area contributed by atoms with Crippen LogP contribution in [0.25, 0.3) is 0 Å². The molecule has 1 atom stereocenters. The van der Waals surface area contributed by atoms with Gasteiger partial charge in [0.25, 0.3) is 0 Å².